The maximum atomic E-state index is 13.7. The van der Waals surface area contributed by atoms with E-state index in [1.165, 1.54) is 12.1 Å². The van der Waals surface area contributed by atoms with Crippen LogP contribution in [0, 0.1) is 5.82 Å². The highest BCUT2D eigenvalue weighted by molar-refractivity contribution is 5.88. The number of hydrogen-bond donors (Lipinski definition) is 0. The maximum absolute atomic E-state index is 13.7. The van der Waals surface area contributed by atoms with Crippen molar-refractivity contribution in [2.45, 2.75) is 12.8 Å². The normalized spacial score (nSPS) is 13.7. The number of para-hydroxylation sites is 1. The summed E-state index contributed by atoms with van der Waals surface area (Å²) in [5, 5.41) is 0.651. The molecule has 0 fully saturated rings. The molecule has 3 nitrogen and oxygen atoms in total. The lowest BCUT2D eigenvalue weighted by Crippen LogP contribution is -2.26. The van der Waals surface area contributed by atoms with Crippen LogP contribution in [0.25, 0.3) is 16.6 Å². The van der Waals surface area contributed by atoms with Gasteiger partial charge in [0, 0.05) is 11.1 Å². The molecule has 22 heavy (non-hydrogen) atoms. The zero-order valence-corrected chi connectivity index (χ0v) is 11.9. The summed E-state index contributed by atoms with van der Waals surface area (Å²) in [6, 6.07) is 13.9. The molecule has 1 aliphatic heterocycles. The molecule has 0 saturated heterocycles. The second kappa shape index (κ2) is 4.98. The third-order valence-electron chi connectivity index (χ3n) is 4.01. The zero-order valence-electron chi connectivity index (χ0n) is 11.9. The first kappa shape index (κ1) is 13.1. The highest BCUT2D eigenvalue weighted by Gasteiger charge is 2.21. The molecule has 0 N–H and O–H groups in total. The van der Waals surface area contributed by atoms with Gasteiger partial charge in [-0.25, -0.2) is 4.39 Å². The van der Waals surface area contributed by atoms with Gasteiger partial charge in [0.05, 0.1) is 17.7 Å². The Kier molecular flexibility index (Phi) is 2.96. The largest absolute Gasteiger partial charge is 0.492 e. The molecule has 2 heterocycles. The molecular formula is C18H14FNO2. The predicted octanol–water partition coefficient (Wildman–Crippen LogP) is 3.45. The number of hydrogen-bond acceptors (Lipinski definition) is 2. The van der Waals surface area contributed by atoms with Crippen LogP contribution in [-0.4, -0.2) is 11.2 Å². The molecule has 0 bridgehead atoms. The van der Waals surface area contributed by atoms with Crippen molar-refractivity contribution in [3.05, 3.63) is 70.3 Å². The summed E-state index contributed by atoms with van der Waals surface area (Å²) in [5.41, 5.74) is 1.99. The number of halogens is 1. The lowest BCUT2D eigenvalue weighted by atomic mass is 10.0. The first-order valence-corrected chi connectivity index (χ1v) is 7.31. The van der Waals surface area contributed by atoms with Gasteiger partial charge in [-0.3, -0.25) is 9.36 Å². The minimum Gasteiger partial charge on any atom is -0.492 e. The molecule has 3 aromatic rings. The quantitative estimate of drug-likeness (QED) is 0.688. The lowest BCUT2D eigenvalue weighted by molar-refractivity contribution is 0.290. The third-order valence-corrected chi connectivity index (χ3v) is 4.01. The molecule has 2 aromatic carbocycles. The van der Waals surface area contributed by atoms with Gasteiger partial charge in [-0.2, -0.15) is 0 Å². The van der Waals surface area contributed by atoms with Gasteiger partial charge in [0.1, 0.15) is 11.6 Å². The summed E-state index contributed by atoms with van der Waals surface area (Å²) in [6.45, 7) is 0.563. The summed E-state index contributed by atoms with van der Waals surface area (Å²) in [4.78, 5) is 12.9. The molecule has 4 rings (SSSR count). The van der Waals surface area contributed by atoms with Crippen LogP contribution < -0.4 is 10.3 Å². The first-order chi connectivity index (χ1) is 10.8. The highest BCUT2D eigenvalue weighted by Crippen LogP contribution is 2.32. The van der Waals surface area contributed by atoms with Crippen molar-refractivity contribution in [2.24, 2.45) is 0 Å². The summed E-state index contributed by atoms with van der Waals surface area (Å²) >= 11 is 0. The Balaban J connectivity index is 2.17. The standard InChI is InChI=1S/C18H14FNO2/c19-12-8-9-16-15(11-12)17-14(7-4-10-22-17)18(21)20(16)13-5-2-1-3-6-13/h1-3,5-6,8-9,11H,4,7,10H2. The Bertz CT molecular complexity index is 916. The molecular weight excluding hydrogens is 281 g/mol. The van der Waals surface area contributed by atoms with Crippen molar-refractivity contribution >= 4 is 10.9 Å². The molecule has 0 saturated carbocycles. The van der Waals surface area contributed by atoms with Gasteiger partial charge in [-0.05, 0) is 43.2 Å². The van der Waals surface area contributed by atoms with Crippen LogP contribution in [0.3, 0.4) is 0 Å². The van der Waals surface area contributed by atoms with Crippen LogP contribution in [0.15, 0.2) is 53.3 Å². The summed E-state index contributed by atoms with van der Waals surface area (Å²) in [7, 11) is 0. The predicted molar refractivity (Wildman–Crippen MR) is 83.3 cm³/mol. The van der Waals surface area contributed by atoms with Crippen LogP contribution in [0.1, 0.15) is 12.0 Å². The van der Waals surface area contributed by atoms with Crippen LogP contribution in [0.5, 0.6) is 5.75 Å². The topological polar surface area (TPSA) is 31.2 Å². The van der Waals surface area contributed by atoms with Crippen LogP contribution in [0.2, 0.25) is 0 Å². The zero-order chi connectivity index (χ0) is 15.1. The number of benzene rings is 2. The number of ether oxygens (including phenoxy) is 1. The monoisotopic (exact) mass is 295 g/mol. The van der Waals surface area contributed by atoms with E-state index in [1.807, 2.05) is 30.3 Å². The van der Waals surface area contributed by atoms with E-state index in [0.29, 0.717) is 35.2 Å². The van der Waals surface area contributed by atoms with Gasteiger partial charge in [0.15, 0.2) is 0 Å². The second-order valence-electron chi connectivity index (χ2n) is 5.40. The SMILES string of the molecule is O=c1c2c(c3cc(F)ccc3n1-c1ccccc1)OCCC2. The minimum absolute atomic E-state index is 0.0833. The van der Waals surface area contributed by atoms with E-state index in [1.54, 1.807) is 10.6 Å². The summed E-state index contributed by atoms with van der Waals surface area (Å²) < 4.78 is 21.0. The molecule has 110 valence electrons. The van der Waals surface area contributed by atoms with Crippen molar-refractivity contribution in [3.63, 3.8) is 0 Å². The Morgan fingerprint density at radius 1 is 1.09 bits per heavy atom. The number of aromatic nitrogens is 1. The van der Waals surface area contributed by atoms with Crippen molar-refractivity contribution < 1.29 is 9.13 Å². The average Bonchev–Trinajstić information content (AvgIpc) is 2.57. The fraction of sp³-hybridized carbons (Fsp3) is 0.167. The highest BCUT2D eigenvalue weighted by atomic mass is 19.1. The fourth-order valence-electron chi connectivity index (χ4n) is 3.03. The molecule has 0 radical (unpaired) electrons. The van der Waals surface area contributed by atoms with Crippen molar-refractivity contribution in [2.75, 3.05) is 6.61 Å². The summed E-state index contributed by atoms with van der Waals surface area (Å²) in [5.74, 6) is 0.208. The van der Waals surface area contributed by atoms with Gasteiger partial charge >= 0.3 is 0 Å². The van der Waals surface area contributed by atoms with E-state index < -0.39 is 0 Å². The van der Waals surface area contributed by atoms with Gasteiger partial charge in [0.2, 0.25) is 0 Å². The van der Waals surface area contributed by atoms with Crippen molar-refractivity contribution in [1.82, 2.24) is 4.57 Å². The Labute approximate surface area is 126 Å². The Hall–Kier alpha value is -2.62. The number of fused-ring (bicyclic) bond motifs is 3. The number of nitrogens with zero attached hydrogens (tertiary/aromatic N) is 1. The van der Waals surface area contributed by atoms with E-state index in [4.69, 9.17) is 4.74 Å². The molecule has 0 atom stereocenters. The van der Waals surface area contributed by atoms with Gasteiger partial charge < -0.3 is 4.74 Å². The smallest absolute Gasteiger partial charge is 0.262 e. The molecule has 0 amide bonds. The molecule has 1 aromatic heterocycles. The average molecular weight is 295 g/mol. The van der Waals surface area contributed by atoms with E-state index in [2.05, 4.69) is 0 Å². The molecule has 0 spiro atoms. The van der Waals surface area contributed by atoms with Crippen molar-refractivity contribution in [1.29, 1.82) is 0 Å². The Morgan fingerprint density at radius 3 is 2.73 bits per heavy atom. The molecule has 0 aliphatic carbocycles. The van der Waals surface area contributed by atoms with Gasteiger partial charge in [-0.1, -0.05) is 18.2 Å². The van der Waals surface area contributed by atoms with Gasteiger partial charge in [0.25, 0.3) is 5.56 Å². The van der Waals surface area contributed by atoms with E-state index in [9.17, 15) is 9.18 Å². The van der Waals surface area contributed by atoms with E-state index >= 15 is 0 Å². The fourth-order valence-corrected chi connectivity index (χ4v) is 3.03. The molecule has 4 heteroatoms. The number of pyridine rings is 1. The van der Waals surface area contributed by atoms with E-state index in [0.717, 1.165) is 12.1 Å². The molecule has 0 unspecified atom stereocenters. The second-order valence-corrected chi connectivity index (χ2v) is 5.40. The minimum atomic E-state index is -0.331. The Morgan fingerprint density at radius 2 is 1.91 bits per heavy atom. The van der Waals surface area contributed by atoms with Gasteiger partial charge in [-0.15, -0.1) is 0 Å². The third kappa shape index (κ3) is 1.91. The van der Waals surface area contributed by atoms with Crippen LogP contribution in [-0.2, 0) is 6.42 Å². The van der Waals surface area contributed by atoms with Crippen molar-refractivity contribution in [3.8, 4) is 11.4 Å². The summed E-state index contributed by atoms with van der Waals surface area (Å²) in [6.07, 6.45) is 1.46. The molecule has 1 aliphatic rings. The van der Waals surface area contributed by atoms with Crippen LogP contribution >= 0.6 is 0 Å². The number of rotatable bonds is 1. The van der Waals surface area contributed by atoms with Crippen LogP contribution in [0.4, 0.5) is 4.39 Å². The lowest BCUT2D eigenvalue weighted by Gasteiger charge is -2.21. The van der Waals surface area contributed by atoms with E-state index in [-0.39, 0.29) is 11.4 Å². The maximum Gasteiger partial charge on any atom is 0.262 e. The first-order valence-electron chi connectivity index (χ1n) is 7.31.